The van der Waals surface area contributed by atoms with Crippen LogP contribution in [0.25, 0.3) is 0 Å². The van der Waals surface area contributed by atoms with Crippen LogP contribution in [0.5, 0.6) is 0 Å². The predicted molar refractivity (Wildman–Crippen MR) is 90.9 cm³/mol. The smallest absolute Gasteiger partial charge is 0.191 e. The van der Waals surface area contributed by atoms with Crippen molar-refractivity contribution in [3.63, 3.8) is 0 Å². The van der Waals surface area contributed by atoms with E-state index in [2.05, 4.69) is 48.1 Å². The van der Waals surface area contributed by atoms with Gasteiger partial charge in [0.15, 0.2) is 5.16 Å². The summed E-state index contributed by atoms with van der Waals surface area (Å²) in [5.74, 6) is 2.15. The zero-order chi connectivity index (χ0) is 14.5. The van der Waals surface area contributed by atoms with Crippen molar-refractivity contribution in [2.24, 2.45) is 0 Å². The molecule has 1 aromatic carbocycles. The SMILES string of the molecule is Brc1cccc(NCCSc2nnc3n2CCCCC3)c1. The van der Waals surface area contributed by atoms with E-state index >= 15 is 0 Å². The summed E-state index contributed by atoms with van der Waals surface area (Å²) in [6.45, 7) is 1.99. The molecule has 6 heteroatoms. The summed E-state index contributed by atoms with van der Waals surface area (Å²) < 4.78 is 3.40. The number of thioether (sulfide) groups is 1. The van der Waals surface area contributed by atoms with Gasteiger partial charge in [-0.2, -0.15) is 0 Å². The minimum Gasteiger partial charge on any atom is -0.384 e. The van der Waals surface area contributed by atoms with Gasteiger partial charge < -0.3 is 9.88 Å². The van der Waals surface area contributed by atoms with Gasteiger partial charge in [-0.15, -0.1) is 10.2 Å². The van der Waals surface area contributed by atoms with Crippen LogP contribution in [-0.4, -0.2) is 27.1 Å². The Bertz CT molecular complexity index is 599. The van der Waals surface area contributed by atoms with E-state index in [1.807, 2.05) is 12.1 Å². The molecule has 2 aromatic rings. The van der Waals surface area contributed by atoms with E-state index in [0.29, 0.717) is 0 Å². The number of rotatable bonds is 5. The maximum Gasteiger partial charge on any atom is 0.191 e. The van der Waals surface area contributed by atoms with E-state index < -0.39 is 0 Å². The molecule has 1 aliphatic rings. The van der Waals surface area contributed by atoms with Crippen LogP contribution < -0.4 is 5.32 Å². The molecular weight excluding hydrogens is 348 g/mol. The molecule has 0 unspecified atom stereocenters. The predicted octanol–water partition coefficient (Wildman–Crippen LogP) is 3.97. The second-order valence-corrected chi connectivity index (χ2v) is 7.12. The lowest BCUT2D eigenvalue weighted by molar-refractivity contribution is 0.591. The summed E-state index contributed by atoms with van der Waals surface area (Å²) in [5, 5.41) is 13.2. The molecule has 0 aliphatic carbocycles. The molecule has 2 heterocycles. The molecule has 112 valence electrons. The first-order chi connectivity index (χ1) is 10.3. The molecule has 0 fully saturated rings. The molecule has 1 aromatic heterocycles. The van der Waals surface area contributed by atoms with Crippen molar-refractivity contribution in [3.05, 3.63) is 34.6 Å². The second kappa shape index (κ2) is 7.31. The van der Waals surface area contributed by atoms with Gasteiger partial charge in [-0.05, 0) is 31.0 Å². The third kappa shape index (κ3) is 4.01. The summed E-state index contributed by atoms with van der Waals surface area (Å²) in [6.07, 6.45) is 4.86. The van der Waals surface area contributed by atoms with Crippen LogP contribution in [0.3, 0.4) is 0 Å². The minimum atomic E-state index is 0.920. The number of nitrogens with one attached hydrogen (secondary N) is 1. The maximum absolute atomic E-state index is 4.34. The lowest BCUT2D eigenvalue weighted by Crippen LogP contribution is -2.06. The second-order valence-electron chi connectivity index (χ2n) is 5.15. The van der Waals surface area contributed by atoms with Gasteiger partial charge in [-0.25, -0.2) is 0 Å². The fraction of sp³-hybridized carbons (Fsp3) is 0.467. The Hall–Kier alpha value is -1.01. The Kier molecular flexibility index (Phi) is 5.19. The molecule has 0 amide bonds. The average molecular weight is 367 g/mol. The quantitative estimate of drug-likeness (QED) is 0.642. The molecule has 4 nitrogen and oxygen atoms in total. The van der Waals surface area contributed by atoms with Crippen LogP contribution in [-0.2, 0) is 13.0 Å². The van der Waals surface area contributed by atoms with Gasteiger partial charge in [0, 0.05) is 35.4 Å². The Labute approximate surface area is 137 Å². The molecule has 3 rings (SSSR count). The van der Waals surface area contributed by atoms with Crippen LogP contribution in [0.4, 0.5) is 5.69 Å². The monoisotopic (exact) mass is 366 g/mol. The fourth-order valence-corrected chi connectivity index (χ4v) is 3.74. The molecule has 0 spiro atoms. The first-order valence-electron chi connectivity index (χ1n) is 7.37. The number of fused-ring (bicyclic) bond motifs is 1. The van der Waals surface area contributed by atoms with Crippen LogP contribution >= 0.6 is 27.7 Å². The molecular formula is C15H19BrN4S. The highest BCUT2D eigenvalue weighted by molar-refractivity contribution is 9.10. The highest BCUT2D eigenvalue weighted by Crippen LogP contribution is 2.22. The highest BCUT2D eigenvalue weighted by Gasteiger charge is 2.14. The van der Waals surface area contributed by atoms with Crippen molar-refractivity contribution in [2.75, 3.05) is 17.6 Å². The third-order valence-electron chi connectivity index (χ3n) is 3.56. The van der Waals surface area contributed by atoms with Gasteiger partial charge >= 0.3 is 0 Å². The van der Waals surface area contributed by atoms with Crippen LogP contribution in [0.2, 0.25) is 0 Å². The van der Waals surface area contributed by atoms with Gasteiger partial charge in [-0.1, -0.05) is 40.2 Å². The topological polar surface area (TPSA) is 42.7 Å². The van der Waals surface area contributed by atoms with Gasteiger partial charge in [0.25, 0.3) is 0 Å². The van der Waals surface area contributed by atoms with E-state index in [-0.39, 0.29) is 0 Å². The largest absolute Gasteiger partial charge is 0.384 e. The van der Waals surface area contributed by atoms with Crippen molar-refractivity contribution in [1.82, 2.24) is 14.8 Å². The Balaban J connectivity index is 1.51. The highest BCUT2D eigenvalue weighted by atomic mass is 79.9. The van der Waals surface area contributed by atoms with Gasteiger partial charge in [-0.3, -0.25) is 0 Å². The van der Waals surface area contributed by atoms with Gasteiger partial charge in [0.2, 0.25) is 0 Å². The summed E-state index contributed by atoms with van der Waals surface area (Å²) in [6, 6.07) is 8.25. The minimum absolute atomic E-state index is 0.920. The molecule has 0 bridgehead atoms. The lowest BCUT2D eigenvalue weighted by atomic mass is 10.2. The van der Waals surface area contributed by atoms with E-state index in [9.17, 15) is 0 Å². The number of hydrogen-bond acceptors (Lipinski definition) is 4. The zero-order valence-corrected chi connectivity index (χ0v) is 14.3. The summed E-state index contributed by atoms with van der Waals surface area (Å²) in [5.41, 5.74) is 1.14. The van der Waals surface area contributed by atoms with Gasteiger partial charge in [0.1, 0.15) is 5.82 Å². The molecule has 0 radical (unpaired) electrons. The normalized spacial score (nSPS) is 14.5. The molecule has 1 N–H and O–H groups in total. The fourth-order valence-electron chi connectivity index (χ4n) is 2.50. The van der Waals surface area contributed by atoms with E-state index in [1.165, 1.54) is 19.3 Å². The average Bonchev–Trinajstić information content (AvgIpc) is 2.71. The van der Waals surface area contributed by atoms with Crippen molar-refractivity contribution < 1.29 is 0 Å². The molecule has 1 aliphatic heterocycles. The third-order valence-corrected chi connectivity index (χ3v) is 5.02. The van der Waals surface area contributed by atoms with Crippen molar-refractivity contribution in [3.8, 4) is 0 Å². The Morgan fingerprint density at radius 3 is 3.10 bits per heavy atom. The van der Waals surface area contributed by atoms with E-state index in [0.717, 1.165) is 46.4 Å². The number of aromatic nitrogens is 3. The molecule has 0 atom stereocenters. The van der Waals surface area contributed by atoms with Crippen molar-refractivity contribution in [1.29, 1.82) is 0 Å². The number of nitrogens with zero attached hydrogens (tertiary/aromatic N) is 3. The standard InChI is InChI=1S/C15H19BrN4S/c16-12-5-4-6-13(11-12)17-8-10-21-15-19-18-14-7-2-1-3-9-20(14)15/h4-6,11,17H,1-3,7-10H2. The number of halogens is 1. The van der Waals surface area contributed by atoms with Crippen LogP contribution in [0, 0.1) is 0 Å². The zero-order valence-electron chi connectivity index (χ0n) is 11.9. The van der Waals surface area contributed by atoms with E-state index in [1.54, 1.807) is 11.8 Å². The molecule has 0 saturated carbocycles. The summed E-state index contributed by atoms with van der Waals surface area (Å²) >= 11 is 5.27. The van der Waals surface area contributed by atoms with Crippen LogP contribution in [0.1, 0.15) is 25.1 Å². The van der Waals surface area contributed by atoms with Gasteiger partial charge in [0.05, 0.1) is 0 Å². The number of anilines is 1. The number of aryl methyl sites for hydroxylation is 1. The summed E-state index contributed by atoms with van der Waals surface area (Å²) in [4.78, 5) is 0. The lowest BCUT2D eigenvalue weighted by Gasteiger charge is -2.08. The maximum atomic E-state index is 4.34. The Morgan fingerprint density at radius 2 is 2.19 bits per heavy atom. The van der Waals surface area contributed by atoms with Crippen LogP contribution in [0.15, 0.2) is 33.9 Å². The van der Waals surface area contributed by atoms with Crippen molar-refractivity contribution >= 4 is 33.4 Å². The number of benzene rings is 1. The number of hydrogen-bond donors (Lipinski definition) is 1. The molecule has 0 saturated heterocycles. The Morgan fingerprint density at radius 1 is 1.24 bits per heavy atom. The first-order valence-corrected chi connectivity index (χ1v) is 9.15. The van der Waals surface area contributed by atoms with Crippen molar-refractivity contribution in [2.45, 2.75) is 37.4 Å². The first kappa shape index (κ1) is 14.9. The van der Waals surface area contributed by atoms with E-state index in [4.69, 9.17) is 0 Å². The summed E-state index contributed by atoms with van der Waals surface area (Å²) in [7, 11) is 0. The molecule has 21 heavy (non-hydrogen) atoms.